The van der Waals surface area contributed by atoms with Crippen molar-refractivity contribution in [3.05, 3.63) is 23.8 Å². The fraction of sp³-hybridized carbons (Fsp3) is 0.640. The van der Waals surface area contributed by atoms with E-state index in [0.29, 0.717) is 24.2 Å². The highest BCUT2D eigenvalue weighted by Crippen LogP contribution is 2.37. The molecule has 2 aliphatic heterocycles. The van der Waals surface area contributed by atoms with Crippen LogP contribution in [0.25, 0.3) is 11.0 Å². The number of carbonyl (C=O) groups excluding carboxylic acids is 3. The summed E-state index contributed by atoms with van der Waals surface area (Å²) in [4.78, 5) is 41.4. The summed E-state index contributed by atoms with van der Waals surface area (Å²) in [5, 5.41) is 10.6. The summed E-state index contributed by atoms with van der Waals surface area (Å²) >= 11 is 0. The minimum absolute atomic E-state index is 0.00775. The number of nitrogens with one attached hydrogen (secondary N) is 1. The molecular formula is C25H34F3N7O3. The number of hydrogen-bond acceptors (Lipinski definition) is 6. The minimum Gasteiger partial charge on any atom is -0.350 e. The highest BCUT2D eigenvalue weighted by molar-refractivity contribution is 5.91. The largest absolute Gasteiger partial charge is 0.393 e. The van der Waals surface area contributed by atoms with Crippen LogP contribution in [0.3, 0.4) is 0 Å². The molecule has 3 N–H and O–H groups in total. The number of nitrogens with zero attached hydrogens (tertiary/aromatic N) is 5. The first kappa shape index (κ1) is 27.8. The zero-order valence-corrected chi connectivity index (χ0v) is 21.4. The Morgan fingerprint density at radius 3 is 2.55 bits per heavy atom. The number of amides is 3. The van der Waals surface area contributed by atoms with Gasteiger partial charge >= 0.3 is 6.18 Å². The smallest absolute Gasteiger partial charge is 0.350 e. The molecule has 1 aromatic heterocycles. The van der Waals surface area contributed by atoms with E-state index >= 15 is 0 Å². The lowest BCUT2D eigenvalue weighted by molar-refractivity contribution is -0.171. The number of hydrogen-bond donors (Lipinski definition) is 2. The molecule has 0 radical (unpaired) electrons. The Hall–Kier alpha value is -3.22. The molecule has 0 spiro atoms. The summed E-state index contributed by atoms with van der Waals surface area (Å²) in [6.07, 6.45) is -1.08. The van der Waals surface area contributed by atoms with E-state index in [1.807, 2.05) is 0 Å². The van der Waals surface area contributed by atoms with E-state index in [-0.39, 0.29) is 25.3 Å². The summed E-state index contributed by atoms with van der Waals surface area (Å²) in [6, 6.07) is 2.80. The summed E-state index contributed by atoms with van der Waals surface area (Å²) in [5.74, 6) is -3.37. The van der Waals surface area contributed by atoms with Gasteiger partial charge in [0.25, 0.3) is 0 Å². The maximum atomic E-state index is 13.6. The van der Waals surface area contributed by atoms with Crippen LogP contribution >= 0.6 is 0 Å². The van der Waals surface area contributed by atoms with E-state index in [4.69, 9.17) is 5.73 Å². The lowest BCUT2D eigenvalue weighted by Crippen LogP contribution is -2.51. The van der Waals surface area contributed by atoms with Gasteiger partial charge in [-0.25, -0.2) is 4.68 Å². The predicted molar refractivity (Wildman–Crippen MR) is 132 cm³/mol. The van der Waals surface area contributed by atoms with E-state index in [1.165, 1.54) is 0 Å². The third-order valence-electron chi connectivity index (χ3n) is 7.44. The van der Waals surface area contributed by atoms with E-state index in [2.05, 4.69) is 15.6 Å². The Balaban J connectivity index is 1.38. The SMILES string of the molecule is Cn1nnc2cc(CNC(=O)C3CC(C(F)(F)F)CN3C(=O)C(N)CCC(=O)N3CCCCCC3)ccc21. The highest BCUT2D eigenvalue weighted by Gasteiger charge is 2.51. The zero-order chi connectivity index (χ0) is 27.4. The number of aromatic nitrogens is 3. The Morgan fingerprint density at radius 1 is 1.16 bits per heavy atom. The van der Waals surface area contributed by atoms with Crippen LogP contribution in [0.5, 0.6) is 0 Å². The van der Waals surface area contributed by atoms with Crippen molar-refractivity contribution in [3.63, 3.8) is 0 Å². The van der Waals surface area contributed by atoms with Crippen molar-refractivity contribution in [1.82, 2.24) is 30.1 Å². The fourth-order valence-corrected chi connectivity index (χ4v) is 5.16. The van der Waals surface area contributed by atoms with Crippen molar-refractivity contribution in [3.8, 4) is 0 Å². The molecule has 2 fully saturated rings. The Labute approximate surface area is 218 Å². The molecule has 0 aliphatic carbocycles. The Kier molecular flexibility index (Phi) is 8.54. The molecule has 2 aromatic rings. The van der Waals surface area contributed by atoms with E-state index < -0.39 is 49.0 Å². The van der Waals surface area contributed by atoms with Crippen LogP contribution in [0, 0.1) is 5.92 Å². The number of rotatable bonds is 7. The molecule has 38 heavy (non-hydrogen) atoms. The van der Waals surface area contributed by atoms with Crippen LogP contribution in [0.2, 0.25) is 0 Å². The molecule has 1 aromatic carbocycles. The normalized spacial score (nSPS) is 21.4. The second-order valence-corrected chi connectivity index (χ2v) is 10.2. The average Bonchev–Trinajstić information content (AvgIpc) is 3.39. The van der Waals surface area contributed by atoms with Crippen LogP contribution in [-0.4, -0.2) is 80.4 Å². The molecule has 0 bridgehead atoms. The van der Waals surface area contributed by atoms with Crippen molar-refractivity contribution >= 4 is 28.8 Å². The van der Waals surface area contributed by atoms with E-state index in [1.54, 1.807) is 34.8 Å². The van der Waals surface area contributed by atoms with Crippen molar-refractivity contribution in [2.45, 2.75) is 69.8 Å². The van der Waals surface area contributed by atoms with Crippen LogP contribution in [0.4, 0.5) is 13.2 Å². The van der Waals surface area contributed by atoms with Gasteiger partial charge in [-0.1, -0.05) is 24.1 Å². The van der Waals surface area contributed by atoms with Gasteiger partial charge in [0.2, 0.25) is 17.7 Å². The molecule has 3 atom stereocenters. The topological polar surface area (TPSA) is 126 Å². The van der Waals surface area contributed by atoms with Crippen LogP contribution < -0.4 is 11.1 Å². The van der Waals surface area contributed by atoms with Gasteiger partial charge in [-0.05, 0) is 43.4 Å². The number of nitrogens with two attached hydrogens (primary N) is 1. The fourth-order valence-electron chi connectivity index (χ4n) is 5.16. The minimum atomic E-state index is -4.56. The molecular weight excluding hydrogens is 503 g/mol. The number of likely N-dealkylation sites (tertiary alicyclic amines) is 2. The van der Waals surface area contributed by atoms with Gasteiger partial charge in [0.15, 0.2) is 0 Å². The molecule has 10 nitrogen and oxygen atoms in total. The molecule has 3 unspecified atom stereocenters. The van der Waals surface area contributed by atoms with Gasteiger partial charge < -0.3 is 20.9 Å². The Morgan fingerprint density at radius 2 is 1.87 bits per heavy atom. The van der Waals surface area contributed by atoms with Gasteiger partial charge in [-0.15, -0.1) is 5.10 Å². The monoisotopic (exact) mass is 537 g/mol. The third kappa shape index (κ3) is 6.43. The first-order chi connectivity index (χ1) is 18.0. The molecule has 2 aliphatic rings. The zero-order valence-electron chi connectivity index (χ0n) is 21.4. The van der Waals surface area contributed by atoms with E-state index in [9.17, 15) is 27.6 Å². The number of carbonyl (C=O) groups is 3. The lowest BCUT2D eigenvalue weighted by atomic mass is 10.0. The number of alkyl halides is 3. The maximum Gasteiger partial charge on any atom is 0.393 e. The predicted octanol–water partition coefficient (Wildman–Crippen LogP) is 1.87. The summed E-state index contributed by atoms with van der Waals surface area (Å²) in [7, 11) is 1.75. The number of fused-ring (bicyclic) bond motifs is 1. The van der Waals surface area contributed by atoms with Crippen LogP contribution in [0.15, 0.2) is 18.2 Å². The molecule has 0 saturated carbocycles. The second-order valence-electron chi connectivity index (χ2n) is 10.2. The van der Waals surface area contributed by atoms with Crippen molar-refractivity contribution < 1.29 is 27.6 Å². The van der Waals surface area contributed by atoms with Gasteiger partial charge in [0.1, 0.15) is 11.6 Å². The van der Waals surface area contributed by atoms with Gasteiger partial charge in [-0.2, -0.15) is 13.2 Å². The average molecular weight is 538 g/mol. The maximum absolute atomic E-state index is 13.6. The Bertz CT molecular complexity index is 1160. The first-order valence-electron chi connectivity index (χ1n) is 13.0. The quantitative estimate of drug-likeness (QED) is 0.556. The third-order valence-corrected chi connectivity index (χ3v) is 7.44. The number of aryl methyl sites for hydroxylation is 1. The van der Waals surface area contributed by atoms with Crippen molar-refractivity contribution in [1.29, 1.82) is 0 Å². The summed E-state index contributed by atoms with van der Waals surface area (Å²) in [6.45, 7) is 0.734. The van der Waals surface area contributed by atoms with Crippen LogP contribution in [0.1, 0.15) is 50.5 Å². The van der Waals surface area contributed by atoms with Gasteiger partial charge in [-0.3, -0.25) is 14.4 Å². The van der Waals surface area contributed by atoms with E-state index in [0.717, 1.165) is 36.1 Å². The van der Waals surface area contributed by atoms with Crippen molar-refractivity contribution in [2.24, 2.45) is 18.7 Å². The highest BCUT2D eigenvalue weighted by atomic mass is 19.4. The number of halogens is 3. The molecule has 4 rings (SSSR count). The van der Waals surface area contributed by atoms with Crippen molar-refractivity contribution in [2.75, 3.05) is 19.6 Å². The molecule has 208 valence electrons. The molecule has 3 heterocycles. The summed E-state index contributed by atoms with van der Waals surface area (Å²) in [5.41, 5.74) is 8.16. The van der Waals surface area contributed by atoms with Crippen LogP contribution in [-0.2, 0) is 28.0 Å². The van der Waals surface area contributed by atoms with Gasteiger partial charge in [0, 0.05) is 39.6 Å². The number of benzene rings is 1. The molecule has 3 amide bonds. The lowest BCUT2D eigenvalue weighted by Gasteiger charge is -2.27. The second kappa shape index (κ2) is 11.7. The standard InChI is InChI=1S/C25H34F3N7O3/c1-33-20-8-6-16(12-19(20)31-32-33)14-30-23(37)21-13-17(25(26,27)28)15-35(21)24(38)18(29)7-9-22(36)34-10-4-2-3-5-11-34/h6,8,12,17-18,21H,2-5,7,9-11,13-15,29H2,1H3,(H,30,37). The molecule has 13 heteroatoms. The van der Waals surface area contributed by atoms with Gasteiger partial charge in [0.05, 0.1) is 17.5 Å². The summed E-state index contributed by atoms with van der Waals surface area (Å²) < 4.78 is 42.3. The first-order valence-corrected chi connectivity index (χ1v) is 13.0. The molecule has 2 saturated heterocycles.